The number of imidazole rings is 1. The normalized spacial score (nSPS) is 10.0. The number of fused-ring (bicyclic) bond motifs is 1. The monoisotopic (exact) mass is 234 g/mol. The molecule has 6 heteroatoms. The maximum absolute atomic E-state index is 11.2. The van der Waals surface area contributed by atoms with Crippen molar-refractivity contribution in [3.8, 4) is 6.07 Å². The van der Waals surface area contributed by atoms with Crippen LogP contribution in [0.2, 0.25) is 5.28 Å². The lowest BCUT2D eigenvalue weighted by molar-refractivity contribution is -0.115. The van der Waals surface area contributed by atoms with Crippen molar-refractivity contribution in [2.75, 3.05) is 5.32 Å². The third kappa shape index (κ3) is 2.12. The summed E-state index contributed by atoms with van der Waals surface area (Å²) in [6.45, 7) is 0. The molecule has 5 nitrogen and oxygen atoms in total. The van der Waals surface area contributed by atoms with E-state index in [0.29, 0.717) is 11.0 Å². The van der Waals surface area contributed by atoms with Gasteiger partial charge in [0.2, 0.25) is 11.2 Å². The first kappa shape index (κ1) is 10.5. The second-order valence-electron chi connectivity index (χ2n) is 3.14. The summed E-state index contributed by atoms with van der Waals surface area (Å²) in [7, 11) is 0. The topological polar surface area (TPSA) is 81.6 Å². The van der Waals surface area contributed by atoms with Crippen LogP contribution in [0.1, 0.15) is 6.42 Å². The Morgan fingerprint density at radius 1 is 1.62 bits per heavy atom. The van der Waals surface area contributed by atoms with Crippen molar-refractivity contribution in [2.45, 2.75) is 6.42 Å². The molecule has 0 radical (unpaired) electrons. The van der Waals surface area contributed by atoms with Crippen molar-refractivity contribution in [3.63, 3.8) is 0 Å². The van der Waals surface area contributed by atoms with Gasteiger partial charge in [-0.2, -0.15) is 5.26 Å². The lowest BCUT2D eigenvalue weighted by atomic mass is 10.2. The minimum Gasteiger partial charge on any atom is -0.329 e. The summed E-state index contributed by atoms with van der Waals surface area (Å²) in [5.74, 6) is -0.340. The molecule has 0 bridgehead atoms. The number of halogens is 1. The predicted octanol–water partition coefficient (Wildman–Crippen LogP) is 2.07. The molecule has 0 spiro atoms. The molecule has 0 aliphatic carbocycles. The van der Waals surface area contributed by atoms with Crippen LogP contribution < -0.4 is 5.32 Å². The van der Waals surface area contributed by atoms with Gasteiger partial charge < -0.3 is 10.3 Å². The fourth-order valence-electron chi connectivity index (χ4n) is 1.33. The summed E-state index contributed by atoms with van der Waals surface area (Å²) in [5, 5.41) is 11.2. The van der Waals surface area contributed by atoms with Crippen molar-refractivity contribution >= 4 is 34.2 Å². The molecule has 0 aliphatic heterocycles. The van der Waals surface area contributed by atoms with E-state index in [1.54, 1.807) is 24.3 Å². The molecular formula is C10H7ClN4O. The van der Waals surface area contributed by atoms with Crippen LogP contribution in [-0.2, 0) is 4.79 Å². The quantitative estimate of drug-likeness (QED) is 0.835. The zero-order valence-corrected chi connectivity index (χ0v) is 8.88. The number of carbonyl (C=O) groups is 1. The van der Waals surface area contributed by atoms with Crippen molar-refractivity contribution in [1.29, 1.82) is 5.26 Å². The van der Waals surface area contributed by atoms with Crippen LogP contribution in [0.3, 0.4) is 0 Å². The molecule has 2 rings (SSSR count). The largest absolute Gasteiger partial charge is 0.329 e. The molecule has 0 atom stereocenters. The molecule has 2 N–H and O–H groups in total. The lowest BCUT2D eigenvalue weighted by Crippen LogP contribution is -2.09. The van der Waals surface area contributed by atoms with Gasteiger partial charge in [-0.3, -0.25) is 4.79 Å². The molecule has 1 amide bonds. The van der Waals surface area contributed by atoms with Gasteiger partial charge >= 0.3 is 0 Å². The number of benzene rings is 1. The number of carbonyl (C=O) groups excluding carboxylic acids is 1. The Morgan fingerprint density at radius 2 is 2.44 bits per heavy atom. The van der Waals surface area contributed by atoms with Gasteiger partial charge in [0, 0.05) is 5.69 Å². The number of hydrogen-bond acceptors (Lipinski definition) is 3. The minimum absolute atomic E-state index is 0.165. The average Bonchev–Trinajstić information content (AvgIpc) is 2.57. The van der Waals surface area contributed by atoms with Crippen LogP contribution in [-0.4, -0.2) is 15.9 Å². The number of anilines is 1. The zero-order valence-electron chi connectivity index (χ0n) is 8.12. The maximum Gasteiger partial charge on any atom is 0.238 e. The van der Waals surface area contributed by atoms with Crippen molar-refractivity contribution in [2.24, 2.45) is 0 Å². The van der Waals surface area contributed by atoms with Crippen LogP contribution in [0.25, 0.3) is 11.0 Å². The Bertz CT molecular complexity index is 584. The predicted molar refractivity (Wildman–Crippen MR) is 60.0 cm³/mol. The number of aromatic nitrogens is 2. The number of nitrogens with one attached hydrogen (secondary N) is 2. The van der Waals surface area contributed by atoms with E-state index in [0.717, 1.165) is 11.0 Å². The van der Waals surface area contributed by atoms with Gasteiger partial charge in [-0.1, -0.05) is 0 Å². The van der Waals surface area contributed by atoms with E-state index in [-0.39, 0.29) is 12.3 Å². The first-order chi connectivity index (χ1) is 7.69. The van der Waals surface area contributed by atoms with Crippen LogP contribution in [0, 0.1) is 11.3 Å². The van der Waals surface area contributed by atoms with Gasteiger partial charge in [0.05, 0.1) is 17.1 Å². The number of hydrogen-bond donors (Lipinski definition) is 2. The molecule has 0 fully saturated rings. The van der Waals surface area contributed by atoms with Gasteiger partial charge in [-0.15, -0.1) is 0 Å². The Balaban J connectivity index is 2.26. The van der Waals surface area contributed by atoms with E-state index in [1.807, 2.05) is 0 Å². The molecule has 0 aliphatic rings. The number of amides is 1. The van der Waals surface area contributed by atoms with Crippen molar-refractivity contribution < 1.29 is 4.79 Å². The number of nitrogens with zero attached hydrogens (tertiary/aromatic N) is 2. The van der Waals surface area contributed by atoms with Crippen molar-refractivity contribution in [3.05, 3.63) is 23.5 Å². The smallest absolute Gasteiger partial charge is 0.238 e. The first-order valence-electron chi connectivity index (χ1n) is 4.51. The van der Waals surface area contributed by atoms with Crippen molar-refractivity contribution in [1.82, 2.24) is 9.97 Å². The average molecular weight is 235 g/mol. The molecule has 1 aromatic heterocycles. The third-order valence-electron chi connectivity index (χ3n) is 1.98. The van der Waals surface area contributed by atoms with Gasteiger partial charge in [0.25, 0.3) is 0 Å². The summed E-state index contributed by atoms with van der Waals surface area (Å²) >= 11 is 5.69. The number of rotatable bonds is 2. The van der Waals surface area contributed by atoms with Crippen LogP contribution >= 0.6 is 11.6 Å². The van der Waals surface area contributed by atoms with Gasteiger partial charge in [0.1, 0.15) is 6.42 Å². The third-order valence-corrected chi connectivity index (χ3v) is 2.16. The Morgan fingerprint density at radius 3 is 3.19 bits per heavy atom. The molecule has 0 saturated carbocycles. The Labute approximate surface area is 96.0 Å². The van der Waals surface area contributed by atoms with Gasteiger partial charge in [-0.25, -0.2) is 4.98 Å². The second kappa shape index (κ2) is 4.21. The Kier molecular flexibility index (Phi) is 2.75. The van der Waals surface area contributed by atoms with E-state index in [4.69, 9.17) is 16.9 Å². The van der Waals surface area contributed by atoms with Crippen LogP contribution in [0.4, 0.5) is 5.69 Å². The highest BCUT2D eigenvalue weighted by atomic mass is 35.5. The van der Waals surface area contributed by atoms with Crippen LogP contribution in [0.5, 0.6) is 0 Å². The molecule has 0 unspecified atom stereocenters. The maximum atomic E-state index is 11.2. The SMILES string of the molecule is N#CCC(=O)Nc1ccc2nc(Cl)[nH]c2c1. The summed E-state index contributed by atoms with van der Waals surface area (Å²) in [6, 6.07) is 6.93. The standard InChI is InChI=1S/C10H7ClN4O/c11-10-14-7-2-1-6(5-8(7)15-10)13-9(16)3-4-12/h1-2,5H,3H2,(H,13,16)(H,14,15). The fourth-order valence-corrected chi connectivity index (χ4v) is 1.53. The Hall–Kier alpha value is -2.06. The van der Waals surface area contributed by atoms with Gasteiger partial charge in [-0.05, 0) is 29.8 Å². The summed E-state index contributed by atoms with van der Waals surface area (Å²) < 4.78 is 0. The molecule has 0 saturated heterocycles. The lowest BCUT2D eigenvalue weighted by Gasteiger charge is -2.01. The van der Waals surface area contributed by atoms with Gasteiger partial charge in [0.15, 0.2) is 0 Å². The zero-order chi connectivity index (χ0) is 11.5. The molecule has 2 aromatic rings. The molecular weight excluding hydrogens is 228 g/mol. The molecule has 1 heterocycles. The molecule has 1 aromatic carbocycles. The molecule has 80 valence electrons. The summed E-state index contributed by atoms with van der Waals surface area (Å²) in [4.78, 5) is 18.0. The van der Waals surface area contributed by atoms with E-state index in [1.165, 1.54) is 0 Å². The number of H-pyrrole nitrogens is 1. The highest BCUT2D eigenvalue weighted by Crippen LogP contribution is 2.18. The molecule has 16 heavy (non-hydrogen) atoms. The first-order valence-corrected chi connectivity index (χ1v) is 4.89. The number of aromatic amines is 1. The van der Waals surface area contributed by atoms with Crippen LogP contribution in [0.15, 0.2) is 18.2 Å². The van der Waals surface area contributed by atoms with E-state index >= 15 is 0 Å². The van der Waals surface area contributed by atoms with E-state index < -0.39 is 0 Å². The highest BCUT2D eigenvalue weighted by Gasteiger charge is 2.04. The highest BCUT2D eigenvalue weighted by molar-refractivity contribution is 6.29. The summed E-state index contributed by atoms with van der Waals surface area (Å²) in [5.41, 5.74) is 2.07. The fraction of sp³-hybridized carbons (Fsp3) is 0.100. The summed E-state index contributed by atoms with van der Waals surface area (Å²) in [6.07, 6.45) is -0.165. The van der Waals surface area contributed by atoms with E-state index in [9.17, 15) is 4.79 Å². The van der Waals surface area contributed by atoms with E-state index in [2.05, 4.69) is 15.3 Å². The number of nitriles is 1. The minimum atomic E-state index is -0.340. The second-order valence-corrected chi connectivity index (χ2v) is 3.50.